The maximum atomic E-state index is 12.7. The highest BCUT2D eigenvalue weighted by atomic mass is 31.2. The van der Waals surface area contributed by atoms with Gasteiger partial charge in [-0.15, -0.1) is 0 Å². The quantitative estimate of drug-likeness (QED) is 0.0264. The molecule has 0 spiro atoms. The van der Waals surface area contributed by atoms with Crippen LogP contribution in [-0.4, -0.2) is 49.3 Å². The number of ether oxygens (including phenoxy) is 2. The van der Waals surface area contributed by atoms with Crippen LogP contribution in [0.25, 0.3) is 0 Å². The van der Waals surface area contributed by atoms with E-state index in [0.717, 1.165) is 103 Å². The Kier molecular flexibility index (Phi) is 52.8. The monoisotopic (exact) mass is 998 g/mol. The van der Waals surface area contributed by atoms with Gasteiger partial charge in [0.2, 0.25) is 0 Å². The standard InChI is InChI=1S/C60H104NO8P/c1-3-5-7-9-11-13-15-17-18-19-20-21-22-23-24-25-26-27-28-29-30-31-32-33-34-35-36-37-38-39-40-41-43-45-47-49-51-53-60(63)69-58(57-68-70(64,65)67-55-54-61)56-66-59(62)52-50-48-46-44-42-16-14-12-10-8-6-4-2/h5,7,11-14,17-18,20-21,23-24,26-27,29-30,58H,3-4,6,8-10,15-16,19,22,25,28,31-57,61H2,1-2H3,(H,64,65)/b7-5-,13-11-,14-12-,18-17-,21-20-,24-23-,27-26-,30-29-. The minimum atomic E-state index is -4.39. The molecule has 0 amide bonds. The Morgan fingerprint density at radius 3 is 1.19 bits per heavy atom. The molecule has 0 fully saturated rings. The lowest BCUT2D eigenvalue weighted by molar-refractivity contribution is -0.161. The molecule has 9 nitrogen and oxygen atoms in total. The second-order valence-corrected chi connectivity index (χ2v) is 19.9. The molecule has 0 aliphatic rings. The lowest BCUT2D eigenvalue weighted by Crippen LogP contribution is -2.29. The van der Waals surface area contributed by atoms with Gasteiger partial charge in [-0.05, 0) is 96.3 Å². The molecule has 0 rings (SSSR count). The molecule has 0 aromatic heterocycles. The molecule has 0 saturated carbocycles. The van der Waals surface area contributed by atoms with Gasteiger partial charge < -0.3 is 20.1 Å². The van der Waals surface area contributed by atoms with Gasteiger partial charge in [0, 0.05) is 19.4 Å². The minimum absolute atomic E-state index is 0.0497. The lowest BCUT2D eigenvalue weighted by atomic mass is 10.0. The van der Waals surface area contributed by atoms with Crippen LogP contribution in [0, 0.1) is 0 Å². The van der Waals surface area contributed by atoms with Crippen molar-refractivity contribution in [1.82, 2.24) is 0 Å². The number of unbranched alkanes of at least 4 members (excludes halogenated alkanes) is 23. The number of carbonyl (C=O) groups is 2. The molecule has 402 valence electrons. The Balaban J connectivity index is 3.88. The zero-order valence-corrected chi connectivity index (χ0v) is 45.6. The van der Waals surface area contributed by atoms with Crippen molar-refractivity contribution in [1.29, 1.82) is 0 Å². The SMILES string of the molecule is CC/C=C\C/C=C\C/C=C\C/C=C\C/C=C\C/C=C\C/C=C\CCCCCCCCCCCCCCCCCC(=O)OC(COC(=O)CCCCCCC/C=C\CCCCC)COP(=O)(O)OCCN. The summed E-state index contributed by atoms with van der Waals surface area (Å²) in [6.07, 6.45) is 73.3. The van der Waals surface area contributed by atoms with Crippen LogP contribution < -0.4 is 5.73 Å². The topological polar surface area (TPSA) is 134 Å². The molecule has 0 heterocycles. The maximum absolute atomic E-state index is 12.7. The summed E-state index contributed by atoms with van der Waals surface area (Å²) in [6.45, 7) is 3.59. The second-order valence-electron chi connectivity index (χ2n) is 18.4. The highest BCUT2D eigenvalue weighted by Gasteiger charge is 2.26. The molecule has 0 aromatic carbocycles. The predicted molar refractivity (Wildman–Crippen MR) is 298 cm³/mol. The highest BCUT2D eigenvalue weighted by molar-refractivity contribution is 7.47. The Labute approximate surface area is 429 Å². The molecule has 0 radical (unpaired) electrons. The van der Waals surface area contributed by atoms with Crippen LogP contribution >= 0.6 is 7.82 Å². The first-order valence-electron chi connectivity index (χ1n) is 28.2. The summed E-state index contributed by atoms with van der Waals surface area (Å²) in [5.74, 6) is -0.839. The number of esters is 2. The fourth-order valence-electron chi connectivity index (χ4n) is 7.55. The predicted octanol–water partition coefficient (Wildman–Crippen LogP) is 17.7. The van der Waals surface area contributed by atoms with Crippen molar-refractivity contribution < 1.29 is 37.6 Å². The van der Waals surface area contributed by atoms with Crippen molar-refractivity contribution in [3.63, 3.8) is 0 Å². The summed E-state index contributed by atoms with van der Waals surface area (Å²) < 4.78 is 32.9. The second kappa shape index (κ2) is 55.2. The first kappa shape index (κ1) is 66.9. The van der Waals surface area contributed by atoms with Gasteiger partial charge in [-0.25, -0.2) is 4.57 Å². The molecule has 3 N–H and O–H groups in total. The highest BCUT2D eigenvalue weighted by Crippen LogP contribution is 2.43. The van der Waals surface area contributed by atoms with Crippen molar-refractivity contribution in [3.05, 3.63) is 97.2 Å². The van der Waals surface area contributed by atoms with E-state index in [1.807, 2.05) is 0 Å². The molecule has 0 aliphatic carbocycles. The summed E-state index contributed by atoms with van der Waals surface area (Å²) in [5, 5.41) is 0. The van der Waals surface area contributed by atoms with E-state index >= 15 is 0 Å². The van der Waals surface area contributed by atoms with Crippen LogP contribution in [0.2, 0.25) is 0 Å². The van der Waals surface area contributed by atoms with Gasteiger partial charge in [0.05, 0.1) is 13.2 Å². The van der Waals surface area contributed by atoms with E-state index < -0.39 is 32.5 Å². The number of allylic oxidation sites excluding steroid dienone is 16. The van der Waals surface area contributed by atoms with Crippen LogP contribution in [0.4, 0.5) is 0 Å². The van der Waals surface area contributed by atoms with Crippen LogP contribution in [0.5, 0.6) is 0 Å². The van der Waals surface area contributed by atoms with E-state index in [0.29, 0.717) is 6.42 Å². The third-order valence-electron chi connectivity index (χ3n) is 11.7. The normalized spacial score (nSPS) is 13.8. The summed E-state index contributed by atoms with van der Waals surface area (Å²) in [5.41, 5.74) is 5.37. The van der Waals surface area contributed by atoms with E-state index in [1.54, 1.807) is 0 Å². The summed E-state index contributed by atoms with van der Waals surface area (Å²) in [7, 11) is -4.39. The number of carbonyl (C=O) groups excluding carboxylic acids is 2. The Hall–Kier alpha value is -3.07. The Morgan fingerprint density at radius 2 is 0.786 bits per heavy atom. The number of nitrogens with two attached hydrogens (primary N) is 1. The number of phosphoric ester groups is 1. The molecular weight excluding hydrogens is 894 g/mol. The van der Waals surface area contributed by atoms with Crippen molar-refractivity contribution in [3.8, 4) is 0 Å². The van der Waals surface area contributed by atoms with Crippen molar-refractivity contribution >= 4 is 19.8 Å². The largest absolute Gasteiger partial charge is 0.472 e. The van der Waals surface area contributed by atoms with Gasteiger partial charge >= 0.3 is 19.8 Å². The van der Waals surface area contributed by atoms with E-state index in [4.69, 9.17) is 24.3 Å². The van der Waals surface area contributed by atoms with Crippen LogP contribution in [0.3, 0.4) is 0 Å². The summed E-state index contributed by atoms with van der Waals surface area (Å²) in [4.78, 5) is 35.0. The van der Waals surface area contributed by atoms with Gasteiger partial charge in [-0.2, -0.15) is 0 Å². The molecule has 0 aromatic rings. The van der Waals surface area contributed by atoms with E-state index in [1.165, 1.54) is 103 Å². The lowest BCUT2D eigenvalue weighted by Gasteiger charge is -2.19. The molecule has 0 saturated heterocycles. The average Bonchev–Trinajstić information content (AvgIpc) is 3.35. The number of hydrogen-bond donors (Lipinski definition) is 2. The minimum Gasteiger partial charge on any atom is -0.462 e. The molecular formula is C60H104NO8P. The van der Waals surface area contributed by atoms with Crippen LogP contribution in [-0.2, 0) is 32.7 Å². The van der Waals surface area contributed by atoms with Crippen LogP contribution in [0.1, 0.15) is 239 Å². The molecule has 2 atom stereocenters. The third kappa shape index (κ3) is 54.3. The van der Waals surface area contributed by atoms with Gasteiger partial charge in [0.15, 0.2) is 6.10 Å². The van der Waals surface area contributed by atoms with E-state index in [-0.39, 0.29) is 32.6 Å². The first-order valence-corrected chi connectivity index (χ1v) is 29.7. The fraction of sp³-hybridized carbons (Fsp3) is 0.700. The van der Waals surface area contributed by atoms with Gasteiger partial charge in [0.25, 0.3) is 0 Å². The van der Waals surface area contributed by atoms with Crippen molar-refractivity contribution in [2.24, 2.45) is 5.73 Å². The van der Waals surface area contributed by atoms with Crippen LogP contribution in [0.15, 0.2) is 97.2 Å². The summed E-state index contributed by atoms with van der Waals surface area (Å²) in [6, 6.07) is 0. The fourth-order valence-corrected chi connectivity index (χ4v) is 8.32. The molecule has 10 heteroatoms. The Bertz CT molecular complexity index is 1460. The van der Waals surface area contributed by atoms with E-state index in [9.17, 15) is 19.0 Å². The van der Waals surface area contributed by atoms with Gasteiger partial charge in [0.1, 0.15) is 6.61 Å². The maximum Gasteiger partial charge on any atom is 0.472 e. The zero-order chi connectivity index (χ0) is 51.0. The van der Waals surface area contributed by atoms with Crippen molar-refractivity contribution in [2.75, 3.05) is 26.4 Å². The number of rotatable bonds is 52. The molecule has 0 bridgehead atoms. The number of phosphoric acid groups is 1. The first-order chi connectivity index (χ1) is 34.3. The average molecular weight is 998 g/mol. The zero-order valence-electron chi connectivity index (χ0n) is 44.7. The smallest absolute Gasteiger partial charge is 0.462 e. The van der Waals surface area contributed by atoms with Crippen molar-refractivity contribution in [2.45, 2.75) is 245 Å². The number of hydrogen-bond acceptors (Lipinski definition) is 8. The molecule has 0 aliphatic heterocycles. The third-order valence-corrected chi connectivity index (χ3v) is 12.7. The van der Waals surface area contributed by atoms with Gasteiger partial charge in [-0.1, -0.05) is 227 Å². The van der Waals surface area contributed by atoms with Gasteiger partial charge in [-0.3, -0.25) is 18.6 Å². The molecule has 70 heavy (non-hydrogen) atoms. The van der Waals surface area contributed by atoms with E-state index in [2.05, 4.69) is 111 Å². The molecule has 2 unspecified atom stereocenters. The summed E-state index contributed by atoms with van der Waals surface area (Å²) >= 11 is 0. The Morgan fingerprint density at radius 1 is 0.443 bits per heavy atom.